The Morgan fingerprint density at radius 3 is 2.75 bits per heavy atom. The summed E-state index contributed by atoms with van der Waals surface area (Å²) < 4.78 is 0. The molecule has 1 fully saturated rings. The normalized spacial score (nSPS) is 22.5. The maximum absolute atomic E-state index is 11.0. The molecule has 1 heterocycles. The highest BCUT2D eigenvalue weighted by Gasteiger charge is 2.25. The van der Waals surface area contributed by atoms with Gasteiger partial charge >= 0.3 is 0 Å². The Morgan fingerprint density at radius 1 is 1.67 bits per heavy atom. The molecule has 12 heavy (non-hydrogen) atoms. The summed E-state index contributed by atoms with van der Waals surface area (Å²) in [4.78, 5) is 12.8. The van der Waals surface area contributed by atoms with Crippen molar-refractivity contribution in [3.8, 4) is 0 Å². The highest BCUT2D eigenvalue weighted by atomic mass is 16.2. The van der Waals surface area contributed by atoms with Gasteiger partial charge in [-0.25, -0.2) is 0 Å². The van der Waals surface area contributed by atoms with Gasteiger partial charge in [0.15, 0.2) is 0 Å². The second-order valence-corrected chi connectivity index (χ2v) is 3.23. The third-order valence-corrected chi connectivity index (χ3v) is 2.45. The number of amides is 1. The molecule has 1 unspecified atom stereocenters. The van der Waals surface area contributed by atoms with Gasteiger partial charge in [0, 0.05) is 38.7 Å². The van der Waals surface area contributed by atoms with E-state index in [0.717, 1.165) is 25.2 Å². The first-order valence-corrected chi connectivity index (χ1v) is 4.27. The Hall–Kier alpha value is -0.990. The molecule has 0 aliphatic carbocycles. The van der Waals surface area contributed by atoms with Gasteiger partial charge in [-0.15, -0.1) is 0 Å². The number of rotatable bonds is 2. The fourth-order valence-electron chi connectivity index (χ4n) is 1.53. The van der Waals surface area contributed by atoms with Crippen molar-refractivity contribution in [2.75, 3.05) is 20.1 Å². The van der Waals surface area contributed by atoms with Gasteiger partial charge in [-0.05, 0) is 6.42 Å². The second-order valence-electron chi connectivity index (χ2n) is 3.23. The summed E-state index contributed by atoms with van der Waals surface area (Å²) >= 11 is 0. The SMILES string of the molecule is C=C(NC)C1CCN(C(C)=O)C1. The average Bonchev–Trinajstić information content (AvgIpc) is 2.51. The fraction of sp³-hybridized carbons (Fsp3) is 0.667. The topological polar surface area (TPSA) is 32.3 Å². The molecule has 1 aliphatic heterocycles. The maximum atomic E-state index is 11.0. The molecular formula is C9H16N2O. The zero-order chi connectivity index (χ0) is 9.14. The van der Waals surface area contributed by atoms with E-state index in [0.29, 0.717) is 5.92 Å². The number of carbonyl (C=O) groups excluding carboxylic acids is 1. The van der Waals surface area contributed by atoms with Crippen LogP contribution in [-0.4, -0.2) is 30.9 Å². The van der Waals surface area contributed by atoms with Gasteiger partial charge in [0.2, 0.25) is 5.91 Å². The minimum atomic E-state index is 0.168. The Labute approximate surface area is 73.4 Å². The highest BCUT2D eigenvalue weighted by molar-refractivity contribution is 5.73. The molecule has 1 amide bonds. The number of hydrogen-bond donors (Lipinski definition) is 1. The van der Waals surface area contributed by atoms with Crippen LogP contribution in [0.25, 0.3) is 0 Å². The van der Waals surface area contributed by atoms with Crippen molar-refractivity contribution >= 4 is 5.91 Å². The number of carbonyl (C=O) groups is 1. The monoisotopic (exact) mass is 168 g/mol. The summed E-state index contributed by atoms with van der Waals surface area (Å²) in [5, 5.41) is 3.03. The van der Waals surface area contributed by atoms with E-state index in [-0.39, 0.29) is 5.91 Å². The molecule has 1 saturated heterocycles. The van der Waals surface area contributed by atoms with E-state index in [1.165, 1.54) is 0 Å². The van der Waals surface area contributed by atoms with Crippen LogP contribution in [0.15, 0.2) is 12.3 Å². The predicted octanol–water partition coefficient (Wildman–Crippen LogP) is 0.588. The summed E-state index contributed by atoms with van der Waals surface area (Å²) in [5.74, 6) is 0.611. The van der Waals surface area contributed by atoms with Crippen LogP contribution in [0.3, 0.4) is 0 Å². The number of nitrogens with zero attached hydrogens (tertiary/aromatic N) is 1. The fourth-order valence-corrected chi connectivity index (χ4v) is 1.53. The maximum Gasteiger partial charge on any atom is 0.219 e. The lowest BCUT2D eigenvalue weighted by molar-refractivity contribution is -0.127. The van der Waals surface area contributed by atoms with Crippen LogP contribution in [0.2, 0.25) is 0 Å². The predicted molar refractivity (Wildman–Crippen MR) is 48.6 cm³/mol. The van der Waals surface area contributed by atoms with E-state index >= 15 is 0 Å². The van der Waals surface area contributed by atoms with Crippen LogP contribution in [0.1, 0.15) is 13.3 Å². The summed E-state index contributed by atoms with van der Waals surface area (Å²) in [7, 11) is 1.87. The number of likely N-dealkylation sites (tertiary alicyclic amines) is 1. The summed E-state index contributed by atoms with van der Waals surface area (Å²) in [5.41, 5.74) is 1.04. The van der Waals surface area contributed by atoms with Crippen molar-refractivity contribution in [2.45, 2.75) is 13.3 Å². The lowest BCUT2D eigenvalue weighted by atomic mass is 10.1. The summed E-state index contributed by atoms with van der Waals surface area (Å²) in [6.07, 6.45) is 1.04. The first-order chi connectivity index (χ1) is 5.65. The zero-order valence-electron chi connectivity index (χ0n) is 7.76. The van der Waals surface area contributed by atoms with Crippen LogP contribution in [0.4, 0.5) is 0 Å². The molecule has 1 rings (SSSR count). The van der Waals surface area contributed by atoms with Gasteiger partial charge in [-0.3, -0.25) is 4.79 Å². The lowest BCUT2D eigenvalue weighted by Crippen LogP contribution is -2.27. The minimum absolute atomic E-state index is 0.168. The van der Waals surface area contributed by atoms with Crippen molar-refractivity contribution in [3.05, 3.63) is 12.3 Å². The van der Waals surface area contributed by atoms with Crippen molar-refractivity contribution in [3.63, 3.8) is 0 Å². The first kappa shape index (κ1) is 9.10. The van der Waals surface area contributed by atoms with E-state index in [1.54, 1.807) is 6.92 Å². The quantitative estimate of drug-likeness (QED) is 0.654. The molecule has 0 saturated carbocycles. The van der Waals surface area contributed by atoms with E-state index < -0.39 is 0 Å². The third-order valence-electron chi connectivity index (χ3n) is 2.45. The minimum Gasteiger partial charge on any atom is -0.392 e. The molecule has 1 atom stereocenters. The van der Waals surface area contributed by atoms with Gasteiger partial charge in [-0.2, -0.15) is 0 Å². The van der Waals surface area contributed by atoms with E-state index in [9.17, 15) is 4.79 Å². The van der Waals surface area contributed by atoms with Crippen molar-refractivity contribution in [1.82, 2.24) is 10.2 Å². The van der Waals surface area contributed by atoms with Crippen LogP contribution in [-0.2, 0) is 4.79 Å². The molecule has 0 bridgehead atoms. The molecule has 0 aromatic rings. The Balaban J connectivity index is 2.45. The number of nitrogens with one attached hydrogen (secondary N) is 1. The Bertz CT molecular complexity index is 201. The molecule has 1 N–H and O–H groups in total. The number of hydrogen-bond acceptors (Lipinski definition) is 2. The summed E-state index contributed by atoms with van der Waals surface area (Å²) in [6.45, 7) is 7.22. The first-order valence-electron chi connectivity index (χ1n) is 4.27. The van der Waals surface area contributed by atoms with Crippen molar-refractivity contribution in [2.24, 2.45) is 5.92 Å². The second kappa shape index (κ2) is 3.61. The van der Waals surface area contributed by atoms with Gasteiger partial charge in [-0.1, -0.05) is 6.58 Å². The molecule has 1 aliphatic rings. The van der Waals surface area contributed by atoms with Crippen LogP contribution in [0, 0.1) is 5.92 Å². The van der Waals surface area contributed by atoms with Crippen LogP contribution < -0.4 is 5.32 Å². The van der Waals surface area contributed by atoms with Crippen LogP contribution in [0.5, 0.6) is 0 Å². The van der Waals surface area contributed by atoms with Gasteiger partial charge in [0.25, 0.3) is 0 Å². The molecule has 0 spiro atoms. The molecule has 0 aromatic carbocycles. The Kier molecular flexibility index (Phi) is 2.74. The molecule has 3 nitrogen and oxygen atoms in total. The van der Waals surface area contributed by atoms with Crippen molar-refractivity contribution < 1.29 is 4.79 Å². The molecule has 3 heteroatoms. The smallest absolute Gasteiger partial charge is 0.219 e. The Morgan fingerprint density at radius 2 is 2.33 bits per heavy atom. The van der Waals surface area contributed by atoms with Crippen molar-refractivity contribution in [1.29, 1.82) is 0 Å². The summed E-state index contributed by atoms with van der Waals surface area (Å²) in [6, 6.07) is 0. The highest BCUT2D eigenvalue weighted by Crippen LogP contribution is 2.20. The molecular weight excluding hydrogens is 152 g/mol. The standard InChI is InChI=1S/C9H16N2O/c1-7(10-3)9-4-5-11(6-9)8(2)12/h9-10H,1,4-6H2,2-3H3. The van der Waals surface area contributed by atoms with E-state index in [1.807, 2.05) is 11.9 Å². The molecule has 68 valence electrons. The third kappa shape index (κ3) is 1.78. The van der Waals surface area contributed by atoms with E-state index in [4.69, 9.17) is 0 Å². The van der Waals surface area contributed by atoms with Gasteiger partial charge in [0.1, 0.15) is 0 Å². The van der Waals surface area contributed by atoms with E-state index in [2.05, 4.69) is 11.9 Å². The average molecular weight is 168 g/mol. The van der Waals surface area contributed by atoms with Gasteiger partial charge < -0.3 is 10.2 Å². The largest absolute Gasteiger partial charge is 0.392 e. The van der Waals surface area contributed by atoms with Crippen LogP contribution >= 0.6 is 0 Å². The zero-order valence-corrected chi connectivity index (χ0v) is 7.76. The molecule has 0 aromatic heterocycles. The lowest BCUT2D eigenvalue weighted by Gasteiger charge is -2.15. The molecule has 0 radical (unpaired) electrons. The van der Waals surface area contributed by atoms with Gasteiger partial charge in [0.05, 0.1) is 0 Å².